The fourth-order valence-corrected chi connectivity index (χ4v) is 6.72. The number of aliphatic hydroxyl groups excluding tert-OH is 1. The van der Waals surface area contributed by atoms with Gasteiger partial charge in [0.15, 0.2) is 0 Å². The number of halogens is 1. The smallest absolute Gasteiger partial charge is 0.248 e. The number of rotatable bonds is 7. The molecule has 4 N–H and O–H groups in total. The van der Waals surface area contributed by atoms with Crippen LogP contribution in [-0.2, 0) is 9.59 Å². The van der Waals surface area contributed by atoms with Gasteiger partial charge in [0.05, 0.1) is 18.2 Å². The number of likely N-dealkylation sites (tertiary alicyclic amines) is 2. The largest absolute Gasteiger partial charge is 0.391 e. The first-order valence-corrected chi connectivity index (χ1v) is 13.3. The Morgan fingerprint density at radius 3 is 2.64 bits per heavy atom. The average molecular weight is 500 g/mol. The Morgan fingerprint density at radius 2 is 1.94 bits per heavy atom. The molecule has 2 amide bonds. The summed E-state index contributed by atoms with van der Waals surface area (Å²) >= 11 is 0. The molecule has 1 aromatic carbocycles. The van der Waals surface area contributed by atoms with Crippen molar-refractivity contribution in [2.24, 2.45) is 0 Å². The fourth-order valence-electron chi connectivity index (χ4n) is 6.72. The van der Waals surface area contributed by atoms with Crippen LogP contribution in [0.5, 0.6) is 0 Å². The van der Waals surface area contributed by atoms with Crippen LogP contribution in [0, 0.1) is 5.82 Å². The number of carbonyl (C=O) groups excluding carboxylic acids is 2. The number of likely N-dealkylation sites (N-methyl/N-ethyl adjacent to an activating group) is 1. The van der Waals surface area contributed by atoms with Crippen molar-refractivity contribution < 1.29 is 19.1 Å². The fraction of sp³-hybridized carbons (Fsp3) is 0.630. The SMILES string of the molecule is CNC(C)C(=O)NC(C(=O)N1CCC2C1C(c1c[nH]c3cc(F)ccc13)CN2C1CCCC1)C(C)O. The molecule has 1 aromatic heterocycles. The second-order valence-electron chi connectivity index (χ2n) is 10.8. The highest BCUT2D eigenvalue weighted by atomic mass is 19.1. The van der Waals surface area contributed by atoms with Gasteiger partial charge in [0.25, 0.3) is 0 Å². The van der Waals surface area contributed by atoms with Gasteiger partial charge in [0, 0.05) is 48.2 Å². The van der Waals surface area contributed by atoms with E-state index in [2.05, 4.69) is 20.5 Å². The molecule has 6 atom stereocenters. The molecule has 5 rings (SSSR count). The Labute approximate surface area is 211 Å². The number of hydrogen-bond donors (Lipinski definition) is 4. The molecule has 3 fully saturated rings. The summed E-state index contributed by atoms with van der Waals surface area (Å²) in [5.74, 6) is -0.778. The summed E-state index contributed by atoms with van der Waals surface area (Å²) in [6.45, 7) is 4.70. The second kappa shape index (κ2) is 10.1. The van der Waals surface area contributed by atoms with E-state index in [1.807, 2.05) is 17.2 Å². The average Bonchev–Trinajstić information content (AvgIpc) is 3.64. The zero-order chi connectivity index (χ0) is 25.6. The minimum Gasteiger partial charge on any atom is -0.391 e. The highest BCUT2D eigenvalue weighted by molar-refractivity contribution is 5.91. The van der Waals surface area contributed by atoms with Crippen molar-refractivity contribution in [2.45, 2.75) is 88.2 Å². The summed E-state index contributed by atoms with van der Waals surface area (Å²) in [7, 11) is 1.68. The summed E-state index contributed by atoms with van der Waals surface area (Å²) in [5.41, 5.74) is 1.86. The Morgan fingerprint density at radius 1 is 1.19 bits per heavy atom. The van der Waals surface area contributed by atoms with Gasteiger partial charge in [-0.15, -0.1) is 0 Å². The maximum absolute atomic E-state index is 13.9. The van der Waals surface area contributed by atoms with Crippen LogP contribution in [0.25, 0.3) is 10.9 Å². The van der Waals surface area contributed by atoms with Crippen molar-refractivity contribution in [3.63, 3.8) is 0 Å². The molecule has 1 aliphatic carbocycles. The Balaban J connectivity index is 1.48. The first-order chi connectivity index (χ1) is 17.3. The zero-order valence-electron chi connectivity index (χ0n) is 21.3. The molecular weight excluding hydrogens is 461 g/mol. The Bertz CT molecular complexity index is 1110. The standard InChI is InChI=1S/C27H38FN5O3/c1-15(29-3)26(35)31-24(16(2)34)27(36)32-11-10-23-25(32)21(14-33(23)18-6-4-5-7-18)20-13-30-22-12-17(28)8-9-19(20)22/h8-9,12-13,15-16,18,21,23-25,29-30,34H,4-7,10-11,14H2,1-3H3,(H,31,35). The molecule has 196 valence electrons. The number of aromatic amines is 1. The molecule has 6 unspecified atom stereocenters. The van der Waals surface area contributed by atoms with E-state index in [9.17, 15) is 19.1 Å². The quantitative estimate of drug-likeness (QED) is 0.468. The monoisotopic (exact) mass is 499 g/mol. The molecule has 2 aromatic rings. The van der Waals surface area contributed by atoms with E-state index >= 15 is 0 Å². The van der Waals surface area contributed by atoms with Crippen LogP contribution in [0.4, 0.5) is 4.39 Å². The van der Waals surface area contributed by atoms with Crippen molar-refractivity contribution >= 4 is 22.7 Å². The minimum absolute atomic E-state index is 0.0582. The molecule has 8 nitrogen and oxygen atoms in total. The number of benzene rings is 1. The third kappa shape index (κ3) is 4.41. The van der Waals surface area contributed by atoms with E-state index in [1.165, 1.54) is 37.8 Å². The number of nitrogens with one attached hydrogen (secondary N) is 3. The predicted molar refractivity (Wildman–Crippen MR) is 136 cm³/mol. The maximum Gasteiger partial charge on any atom is 0.248 e. The number of nitrogens with zero attached hydrogens (tertiary/aromatic N) is 2. The highest BCUT2D eigenvalue weighted by Gasteiger charge is 2.53. The lowest BCUT2D eigenvalue weighted by Crippen LogP contribution is -2.58. The van der Waals surface area contributed by atoms with E-state index < -0.39 is 18.2 Å². The van der Waals surface area contributed by atoms with Crippen molar-refractivity contribution in [2.75, 3.05) is 20.1 Å². The second-order valence-corrected chi connectivity index (χ2v) is 10.8. The molecule has 0 spiro atoms. The van der Waals surface area contributed by atoms with Crippen molar-refractivity contribution in [1.82, 2.24) is 25.4 Å². The highest BCUT2D eigenvalue weighted by Crippen LogP contribution is 2.45. The molecule has 9 heteroatoms. The molecule has 2 aliphatic heterocycles. The molecule has 36 heavy (non-hydrogen) atoms. The van der Waals surface area contributed by atoms with E-state index in [0.717, 1.165) is 29.4 Å². The van der Waals surface area contributed by atoms with Crippen LogP contribution >= 0.6 is 0 Å². The lowest BCUT2D eigenvalue weighted by molar-refractivity contribution is -0.140. The normalized spacial score (nSPS) is 27.4. The molecule has 3 aliphatic rings. The van der Waals surface area contributed by atoms with Crippen LogP contribution < -0.4 is 10.6 Å². The molecule has 1 saturated carbocycles. The van der Waals surface area contributed by atoms with Gasteiger partial charge in [-0.05, 0) is 63.9 Å². The van der Waals surface area contributed by atoms with E-state index in [0.29, 0.717) is 12.6 Å². The van der Waals surface area contributed by atoms with Crippen LogP contribution in [0.2, 0.25) is 0 Å². The van der Waals surface area contributed by atoms with Crippen LogP contribution in [0.3, 0.4) is 0 Å². The number of hydrogen-bond acceptors (Lipinski definition) is 5. The summed E-state index contributed by atoms with van der Waals surface area (Å²) in [4.78, 5) is 34.2. The van der Waals surface area contributed by atoms with Crippen LogP contribution in [-0.4, -0.2) is 88.2 Å². The van der Waals surface area contributed by atoms with Gasteiger partial charge in [0.2, 0.25) is 11.8 Å². The lowest BCUT2D eigenvalue weighted by Gasteiger charge is -2.33. The summed E-state index contributed by atoms with van der Waals surface area (Å²) < 4.78 is 13.9. The molecular formula is C27H38FN5O3. The molecule has 2 saturated heterocycles. The third-order valence-electron chi connectivity index (χ3n) is 8.69. The Kier molecular flexibility index (Phi) is 7.07. The van der Waals surface area contributed by atoms with Gasteiger partial charge in [-0.2, -0.15) is 0 Å². The van der Waals surface area contributed by atoms with Gasteiger partial charge < -0.3 is 25.6 Å². The van der Waals surface area contributed by atoms with Crippen molar-refractivity contribution in [3.8, 4) is 0 Å². The van der Waals surface area contributed by atoms with Crippen molar-refractivity contribution in [3.05, 3.63) is 35.8 Å². The predicted octanol–water partition coefficient (Wildman–Crippen LogP) is 2.09. The zero-order valence-corrected chi connectivity index (χ0v) is 21.3. The number of aliphatic hydroxyl groups is 1. The van der Waals surface area contributed by atoms with E-state index in [1.54, 1.807) is 20.9 Å². The number of fused-ring (bicyclic) bond motifs is 2. The topological polar surface area (TPSA) is 101 Å². The molecule has 3 heterocycles. The van der Waals surface area contributed by atoms with Gasteiger partial charge >= 0.3 is 0 Å². The summed E-state index contributed by atoms with van der Waals surface area (Å²) in [5, 5.41) is 17.1. The van der Waals surface area contributed by atoms with Gasteiger partial charge in [-0.1, -0.05) is 12.8 Å². The van der Waals surface area contributed by atoms with Gasteiger partial charge in [0.1, 0.15) is 11.9 Å². The lowest BCUT2D eigenvalue weighted by atomic mass is 9.91. The van der Waals surface area contributed by atoms with Crippen LogP contribution in [0.1, 0.15) is 57.4 Å². The van der Waals surface area contributed by atoms with Gasteiger partial charge in [-0.25, -0.2) is 4.39 Å². The number of H-pyrrole nitrogens is 1. The maximum atomic E-state index is 13.9. The number of aromatic nitrogens is 1. The minimum atomic E-state index is -1.02. The summed E-state index contributed by atoms with van der Waals surface area (Å²) in [6, 6.07) is 4.02. The summed E-state index contributed by atoms with van der Waals surface area (Å²) in [6.07, 6.45) is 6.64. The van der Waals surface area contributed by atoms with E-state index in [-0.39, 0.29) is 35.6 Å². The third-order valence-corrected chi connectivity index (χ3v) is 8.69. The van der Waals surface area contributed by atoms with Crippen molar-refractivity contribution in [1.29, 1.82) is 0 Å². The first-order valence-electron chi connectivity index (χ1n) is 13.3. The molecule has 0 radical (unpaired) electrons. The first kappa shape index (κ1) is 25.2. The van der Waals surface area contributed by atoms with Crippen LogP contribution in [0.15, 0.2) is 24.4 Å². The van der Waals surface area contributed by atoms with E-state index in [4.69, 9.17) is 0 Å². The Hall–Kier alpha value is -2.49. The molecule has 0 bridgehead atoms. The number of amides is 2. The number of carbonyl (C=O) groups is 2. The van der Waals surface area contributed by atoms with Gasteiger partial charge in [-0.3, -0.25) is 14.5 Å².